The second-order valence-electron chi connectivity index (χ2n) is 6.46. The Morgan fingerprint density at radius 3 is 2.15 bits per heavy atom. The zero-order valence-corrected chi connectivity index (χ0v) is 19.5. The predicted octanol–water partition coefficient (Wildman–Crippen LogP) is 4.63. The van der Waals surface area contributed by atoms with E-state index in [1.165, 1.54) is 21.3 Å². The van der Waals surface area contributed by atoms with Gasteiger partial charge in [-0.2, -0.15) is 9.98 Å². The summed E-state index contributed by atoms with van der Waals surface area (Å²) in [5.41, 5.74) is 2.18. The first-order chi connectivity index (χ1) is 15.9. The number of nitrogens with zero attached hydrogens (tertiary/aromatic N) is 4. The van der Waals surface area contributed by atoms with Gasteiger partial charge in [-0.1, -0.05) is 5.16 Å². The number of aromatic nitrogens is 2. The van der Waals surface area contributed by atoms with E-state index in [4.69, 9.17) is 18.7 Å². The molecule has 33 heavy (non-hydrogen) atoms. The monoisotopic (exact) mass is 470 g/mol. The highest BCUT2D eigenvalue weighted by Gasteiger charge is 2.20. The minimum absolute atomic E-state index is 0.203. The van der Waals surface area contributed by atoms with Gasteiger partial charge in [0.15, 0.2) is 11.5 Å². The largest absolute Gasteiger partial charge is 0.493 e. The number of carboxylic acid groups (broad SMARTS) is 1. The number of benzene rings is 2. The normalized spacial score (nSPS) is 11.9. The number of methoxy groups -OCH3 is 3. The lowest BCUT2D eigenvalue weighted by Crippen LogP contribution is -2.14. The van der Waals surface area contributed by atoms with Gasteiger partial charge < -0.3 is 23.8 Å². The molecule has 10 nitrogen and oxygen atoms in total. The number of thioether (sulfide) groups is 1. The number of hydrogen-bond acceptors (Lipinski definition) is 9. The van der Waals surface area contributed by atoms with Crippen LogP contribution in [0.5, 0.6) is 17.2 Å². The Hall–Kier alpha value is -3.86. The second-order valence-corrected chi connectivity index (χ2v) is 7.26. The van der Waals surface area contributed by atoms with Gasteiger partial charge in [-0.05, 0) is 42.7 Å². The molecular weight excluding hydrogens is 448 g/mol. The Balaban J connectivity index is 2.15. The molecule has 0 spiro atoms. The molecule has 1 heterocycles. The maximum atomic E-state index is 11.4. The van der Waals surface area contributed by atoms with Crippen LogP contribution >= 0.6 is 11.8 Å². The molecule has 11 heteroatoms. The Bertz CT molecular complexity index is 1180. The average molecular weight is 471 g/mol. The molecule has 1 amide bonds. The standard InChI is InChI=1S/C22H22N4O6S/c1-12-23-20(26-32-12)13-6-8-15(9-7-13)24-18(21(33-5)25-22(27)28)14-10-16(29-2)19(31-4)17(11-14)30-3/h6-11H,1-5H3,(H,27,28). The highest BCUT2D eigenvalue weighted by Crippen LogP contribution is 2.39. The molecule has 2 aromatic carbocycles. The van der Waals surface area contributed by atoms with Gasteiger partial charge in [0.1, 0.15) is 10.8 Å². The Labute approximate surface area is 194 Å². The van der Waals surface area contributed by atoms with E-state index < -0.39 is 6.09 Å². The van der Waals surface area contributed by atoms with Gasteiger partial charge in [0.2, 0.25) is 17.5 Å². The van der Waals surface area contributed by atoms with Crippen LogP contribution in [-0.4, -0.2) is 59.7 Å². The van der Waals surface area contributed by atoms with Gasteiger partial charge in [0, 0.05) is 18.1 Å². The summed E-state index contributed by atoms with van der Waals surface area (Å²) in [7, 11) is 4.50. The molecule has 172 valence electrons. The summed E-state index contributed by atoms with van der Waals surface area (Å²) in [6, 6.07) is 10.5. The fraction of sp³-hybridized carbons (Fsp3) is 0.227. The third-order valence-corrected chi connectivity index (χ3v) is 5.10. The molecule has 0 unspecified atom stereocenters. The van der Waals surface area contributed by atoms with E-state index in [1.54, 1.807) is 49.6 Å². The van der Waals surface area contributed by atoms with Crippen molar-refractivity contribution in [2.75, 3.05) is 27.6 Å². The molecule has 3 aromatic rings. The van der Waals surface area contributed by atoms with E-state index in [2.05, 4.69) is 20.1 Å². The van der Waals surface area contributed by atoms with Crippen molar-refractivity contribution in [3.63, 3.8) is 0 Å². The number of aryl methyl sites for hydroxylation is 1. The first-order valence-corrected chi connectivity index (χ1v) is 10.8. The molecule has 1 aromatic heterocycles. The van der Waals surface area contributed by atoms with Gasteiger partial charge in [0.05, 0.1) is 27.0 Å². The Morgan fingerprint density at radius 2 is 1.70 bits per heavy atom. The van der Waals surface area contributed by atoms with Gasteiger partial charge in [-0.15, -0.1) is 11.8 Å². The molecule has 0 atom stereocenters. The molecule has 3 rings (SSSR count). The van der Waals surface area contributed by atoms with Crippen molar-refractivity contribution in [2.24, 2.45) is 9.98 Å². The molecular formula is C22H22N4O6S. The van der Waals surface area contributed by atoms with Crippen molar-refractivity contribution in [3.8, 4) is 28.6 Å². The highest BCUT2D eigenvalue weighted by atomic mass is 32.2. The van der Waals surface area contributed by atoms with E-state index in [9.17, 15) is 9.90 Å². The van der Waals surface area contributed by atoms with Crippen LogP contribution in [0.3, 0.4) is 0 Å². The van der Waals surface area contributed by atoms with Crippen LogP contribution in [-0.2, 0) is 0 Å². The van der Waals surface area contributed by atoms with Crippen LogP contribution in [0, 0.1) is 6.92 Å². The SMILES string of the molecule is COc1cc(C(=Nc2ccc(-c3noc(C)n3)cc2)C(=NC(=O)O)SC)cc(OC)c1OC. The summed E-state index contributed by atoms with van der Waals surface area (Å²) in [6.07, 6.45) is 0.388. The number of carbonyl (C=O) groups is 1. The Morgan fingerprint density at radius 1 is 1.06 bits per heavy atom. The quantitative estimate of drug-likeness (QED) is 0.388. The summed E-state index contributed by atoms with van der Waals surface area (Å²) >= 11 is 1.15. The van der Waals surface area contributed by atoms with Crippen LogP contribution < -0.4 is 14.2 Å². The molecule has 0 saturated carbocycles. The van der Waals surface area contributed by atoms with Crippen molar-refractivity contribution < 1.29 is 28.6 Å². The van der Waals surface area contributed by atoms with E-state index in [0.29, 0.717) is 45.9 Å². The van der Waals surface area contributed by atoms with Gasteiger partial charge >= 0.3 is 6.09 Å². The zero-order valence-electron chi connectivity index (χ0n) is 18.6. The minimum Gasteiger partial charge on any atom is -0.493 e. The van der Waals surface area contributed by atoms with Crippen molar-refractivity contribution in [1.82, 2.24) is 10.1 Å². The first-order valence-electron chi connectivity index (χ1n) is 9.56. The van der Waals surface area contributed by atoms with Crippen LogP contribution in [0.1, 0.15) is 11.5 Å². The summed E-state index contributed by atoms with van der Waals surface area (Å²) in [5.74, 6) is 2.14. The van der Waals surface area contributed by atoms with Gasteiger partial charge in [0.25, 0.3) is 0 Å². The fourth-order valence-corrected chi connectivity index (χ4v) is 3.49. The van der Waals surface area contributed by atoms with Crippen molar-refractivity contribution in [2.45, 2.75) is 6.92 Å². The fourth-order valence-electron chi connectivity index (χ4n) is 2.97. The van der Waals surface area contributed by atoms with Crippen molar-refractivity contribution in [3.05, 3.63) is 47.9 Å². The van der Waals surface area contributed by atoms with Gasteiger partial charge in [-0.25, -0.2) is 9.79 Å². The molecule has 0 saturated heterocycles. The van der Waals surface area contributed by atoms with Crippen LogP contribution in [0.25, 0.3) is 11.4 Å². The maximum absolute atomic E-state index is 11.4. The van der Waals surface area contributed by atoms with Crippen molar-refractivity contribution >= 4 is 34.3 Å². The zero-order chi connectivity index (χ0) is 24.0. The van der Waals surface area contributed by atoms with E-state index >= 15 is 0 Å². The topological polar surface area (TPSA) is 129 Å². The maximum Gasteiger partial charge on any atom is 0.432 e. The smallest absolute Gasteiger partial charge is 0.432 e. The molecule has 1 N–H and O–H groups in total. The minimum atomic E-state index is -1.33. The van der Waals surface area contributed by atoms with Crippen LogP contribution in [0.15, 0.2) is 50.9 Å². The third kappa shape index (κ3) is 5.50. The second kappa shape index (κ2) is 10.6. The van der Waals surface area contributed by atoms with Crippen LogP contribution in [0.4, 0.5) is 10.5 Å². The summed E-state index contributed by atoms with van der Waals surface area (Å²) in [5, 5.41) is 13.4. The number of amides is 1. The summed E-state index contributed by atoms with van der Waals surface area (Å²) in [4.78, 5) is 24.0. The van der Waals surface area contributed by atoms with Gasteiger partial charge in [-0.3, -0.25) is 0 Å². The molecule has 0 aliphatic heterocycles. The highest BCUT2D eigenvalue weighted by molar-refractivity contribution is 8.15. The van der Waals surface area contributed by atoms with Crippen LogP contribution in [0.2, 0.25) is 0 Å². The average Bonchev–Trinajstić information content (AvgIpc) is 3.26. The number of rotatable bonds is 7. The molecule has 0 fully saturated rings. The number of aliphatic imine (C=N–C) groups is 2. The molecule has 0 bridgehead atoms. The predicted molar refractivity (Wildman–Crippen MR) is 126 cm³/mol. The molecule has 0 aliphatic carbocycles. The van der Waals surface area contributed by atoms with E-state index in [0.717, 1.165) is 17.3 Å². The summed E-state index contributed by atoms with van der Waals surface area (Å²) < 4.78 is 21.3. The lowest BCUT2D eigenvalue weighted by Gasteiger charge is -2.15. The summed E-state index contributed by atoms with van der Waals surface area (Å²) in [6.45, 7) is 1.71. The van der Waals surface area contributed by atoms with E-state index in [1.807, 2.05) is 0 Å². The lowest BCUT2D eigenvalue weighted by atomic mass is 10.1. The van der Waals surface area contributed by atoms with Crippen molar-refractivity contribution in [1.29, 1.82) is 0 Å². The molecule has 0 aliphatic rings. The molecule has 0 radical (unpaired) electrons. The van der Waals surface area contributed by atoms with E-state index in [-0.39, 0.29) is 5.04 Å². The first kappa shape index (κ1) is 23.8. The number of hydrogen-bond donors (Lipinski definition) is 1. The Kier molecular flexibility index (Phi) is 7.67. The number of ether oxygens (including phenoxy) is 3. The third-order valence-electron chi connectivity index (χ3n) is 4.43. The lowest BCUT2D eigenvalue weighted by molar-refractivity contribution is 0.206.